The zero-order valence-electron chi connectivity index (χ0n) is 22.0. The maximum atomic E-state index is 12.2. The molecule has 1 aromatic heterocycles. The third-order valence-corrected chi connectivity index (χ3v) is 7.48. The van der Waals surface area contributed by atoms with Crippen LogP contribution in [0, 0.1) is 0 Å². The minimum atomic E-state index is -0.805. The van der Waals surface area contributed by atoms with E-state index in [1.165, 1.54) is 16.5 Å². The highest BCUT2D eigenvalue weighted by atomic mass is 16.4. The Bertz CT molecular complexity index is 1510. The van der Waals surface area contributed by atoms with Gasteiger partial charge in [0.05, 0.1) is 6.42 Å². The summed E-state index contributed by atoms with van der Waals surface area (Å²) in [5.41, 5.74) is 6.77. The van der Waals surface area contributed by atoms with Gasteiger partial charge < -0.3 is 9.67 Å². The van der Waals surface area contributed by atoms with E-state index in [1.54, 1.807) is 0 Å². The van der Waals surface area contributed by atoms with Crippen LogP contribution in [0.5, 0.6) is 0 Å². The number of aromatic nitrogens is 1. The summed E-state index contributed by atoms with van der Waals surface area (Å²) in [6, 6.07) is 37.5. The normalized spacial score (nSPS) is 13.0. The van der Waals surface area contributed by atoms with Crippen LogP contribution in [0.2, 0.25) is 0 Å². The lowest BCUT2D eigenvalue weighted by Crippen LogP contribution is -2.32. The number of nitrogens with zero attached hydrogens (tertiary/aromatic N) is 2. The molecule has 0 aliphatic heterocycles. The van der Waals surface area contributed by atoms with Gasteiger partial charge in [0.25, 0.3) is 0 Å². The Labute approximate surface area is 224 Å². The first-order valence-electron chi connectivity index (χ1n) is 13.3. The van der Waals surface area contributed by atoms with E-state index in [9.17, 15) is 9.90 Å². The summed E-state index contributed by atoms with van der Waals surface area (Å²) in [5, 5.41) is 11.2. The molecule has 2 atom stereocenters. The topological polar surface area (TPSA) is 45.5 Å². The fourth-order valence-corrected chi connectivity index (χ4v) is 5.39. The number of aryl methyl sites for hydroxylation is 1. The number of hydrogen-bond donors (Lipinski definition) is 1. The van der Waals surface area contributed by atoms with Gasteiger partial charge in [-0.25, -0.2) is 0 Å². The van der Waals surface area contributed by atoms with Gasteiger partial charge in [-0.2, -0.15) is 0 Å². The Morgan fingerprint density at radius 1 is 0.816 bits per heavy atom. The summed E-state index contributed by atoms with van der Waals surface area (Å²) in [5.74, 6) is -0.805. The van der Waals surface area contributed by atoms with Crippen molar-refractivity contribution in [3.63, 3.8) is 0 Å². The van der Waals surface area contributed by atoms with Crippen molar-refractivity contribution in [2.45, 2.75) is 45.4 Å². The van der Waals surface area contributed by atoms with Gasteiger partial charge in [-0.1, -0.05) is 91.0 Å². The lowest BCUT2D eigenvalue weighted by atomic mass is 9.94. The maximum absolute atomic E-state index is 12.2. The first-order valence-corrected chi connectivity index (χ1v) is 13.3. The Kier molecular flexibility index (Phi) is 7.71. The number of aliphatic carboxylic acids is 1. The van der Waals surface area contributed by atoms with Crippen LogP contribution in [0.15, 0.2) is 115 Å². The van der Waals surface area contributed by atoms with Crippen LogP contribution < -0.4 is 0 Å². The highest BCUT2D eigenvalue weighted by Gasteiger charge is 2.28. The van der Waals surface area contributed by atoms with Gasteiger partial charge in [-0.3, -0.25) is 9.69 Å². The number of carboxylic acid groups (broad SMARTS) is 1. The van der Waals surface area contributed by atoms with Crippen molar-refractivity contribution in [3.8, 4) is 11.1 Å². The molecule has 0 saturated carbocycles. The second-order valence-electron chi connectivity index (χ2n) is 9.86. The maximum Gasteiger partial charge on any atom is 0.305 e. The number of hydrogen-bond acceptors (Lipinski definition) is 2. The Hall–Kier alpha value is -4.15. The van der Waals surface area contributed by atoms with Crippen LogP contribution in [0.1, 0.15) is 49.0 Å². The minimum absolute atomic E-state index is 0.0190. The molecular formula is C34H34N2O2. The highest BCUT2D eigenvalue weighted by Crippen LogP contribution is 2.36. The summed E-state index contributed by atoms with van der Waals surface area (Å²) in [4.78, 5) is 14.5. The summed E-state index contributed by atoms with van der Waals surface area (Å²) < 4.78 is 2.25. The van der Waals surface area contributed by atoms with E-state index in [1.807, 2.05) is 36.4 Å². The molecule has 38 heavy (non-hydrogen) atoms. The van der Waals surface area contributed by atoms with Crippen LogP contribution >= 0.6 is 0 Å². The SMILES string of the molecule is CCn1ccc2ccc(-c3cccc(C(CC(=O)O)N(Cc4ccccc4)C(C)c4ccccc4)c3)cc21. The molecule has 0 saturated heterocycles. The van der Waals surface area contributed by atoms with Gasteiger partial charge >= 0.3 is 5.97 Å². The van der Waals surface area contributed by atoms with Crippen LogP contribution in [0.3, 0.4) is 0 Å². The molecule has 4 nitrogen and oxygen atoms in total. The van der Waals surface area contributed by atoms with Gasteiger partial charge in [0, 0.05) is 36.9 Å². The molecule has 192 valence electrons. The molecule has 0 fully saturated rings. The molecule has 5 aromatic rings. The van der Waals surface area contributed by atoms with E-state index < -0.39 is 5.97 Å². The van der Waals surface area contributed by atoms with Crippen LogP contribution in [-0.2, 0) is 17.9 Å². The lowest BCUT2D eigenvalue weighted by molar-refractivity contribution is -0.138. The molecule has 0 aliphatic carbocycles. The summed E-state index contributed by atoms with van der Waals surface area (Å²) in [6.07, 6.45) is 2.14. The highest BCUT2D eigenvalue weighted by molar-refractivity contribution is 5.85. The fourth-order valence-electron chi connectivity index (χ4n) is 5.39. The van der Waals surface area contributed by atoms with Gasteiger partial charge in [-0.05, 0) is 65.3 Å². The van der Waals surface area contributed by atoms with Crippen molar-refractivity contribution >= 4 is 16.9 Å². The number of fused-ring (bicyclic) bond motifs is 1. The molecule has 1 N–H and O–H groups in total. The first kappa shape index (κ1) is 25.5. The molecule has 0 aliphatic rings. The summed E-state index contributed by atoms with van der Waals surface area (Å²) in [7, 11) is 0. The molecule has 4 aromatic carbocycles. The molecule has 0 radical (unpaired) electrons. The average Bonchev–Trinajstić information content (AvgIpc) is 3.38. The number of carbonyl (C=O) groups is 1. The molecular weight excluding hydrogens is 468 g/mol. The van der Waals surface area contributed by atoms with E-state index in [0.717, 1.165) is 28.8 Å². The zero-order chi connectivity index (χ0) is 26.5. The second-order valence-corrected chi connectivity index (χ2v) is 9.86. The predicted molar refractivity (Wildman–Crippen MR) is 155 cm³/mol. The lowest BCUT2D eigenvalue weighted by Gasteiger charge is -2.37. The predicted octanol–water partition coefficient (Wildman–Crippen LogP) is 8.11. The molecule has 0 bridgehead atoms. The molecule has 0 spiro atoms. The van der Waals surface area contributed by atoms with E-state index in [4.69, 9.17) is 0 Å². The van der Waals surface area contributed by atoms with Gasteiger partial charge in [-0.15, -0.1) is 0 Å². The van der Waals surface area contributed by atoms with Crippen molar-refractivity contribution in [1.82, 2.24) is 9.47 Å². The fraction of sp³-hybridized carbons (Fsp3) is 0.206. The van der Waals surface area contributed by atoms with E-state index in [0.29, 0.717) is 6.54 Å². The third-order valence-electron chi connectivity index (χ3n) is 7.48. The van der Waals surface area contributed by atoms with Gasteiger partial charge in [0.15, 0.2) is 0 Å². The number of carboxylic acids is 1. The Morgan fingerprint density at radius 2 is 1.50 bits per heavy atom. The largest absolute Gasteiger partial charge is 0.481 e. The Balaban J connectivity index is 1.57. The van der Waals surface area contributed by atoms with Crippen LogP contribution in [0.4, 0.5) is 0 Å². The minimum Gasteiger partial charge on any atom is -0.481 e. The van der Waals surface area contributed by atoms with Crippen molar-refractivity contribution in [2.24, 2.45) is 0 Å². The number of rotatable bonds is 10. The number of benzene rings is 4. The zero-order valence-corrected chi connectivity index (χ0v) is 22.0. The van der Waals surface area contributed by atoms with Crippen molar-refractivity contribution in [3.05, 3.63) is 132 Å². The average molecular weight is 503 g/mol. The van der Waals surface area contributed by atoms with Crippen molar-refractivity contribution in [2.75, 3.05) is 0 Å². The quantitative estimate of drug-likeness (QED) is 0.210. The van der Waals surface area contributed by atoms with Crippen LogP contribution in [0.25, 0.3) is 22.0 Å². The molecule has 0 amide bonds. The van der Waals surface area contributed by atoms with Crippen LogP contribution in [-0.4, -0.2) is 20.5 Å². The van der Waals surface area contributed by atoms with E-state index in [-0.39, 0.29) is 18.5 Å². The van der Waals surface area contributed by atoms with Crippen molar-refractivity contribution < 1.29 is 9.90 Å². The molecule has 2 unspecified atom stereocenters. The first-order chi connectivity index (χ1) is 18.5. The van der Waals surface area contributed by atoms with E-state index >= 15 is 0 Å². The Morgan fingerprint density at radius 3 is 2.21 bits per heavy atom. The monoisotopic (exact) mass is 502 g/mol. The molecule has 1 heterocycles. The van der Waals surface area contributed by atoms with Crippen molar-refractivity contribution in [1.29, 1.82) is 0 Å². The second kappa shape index (κ2) is 11.5. The third kappa shape index (κ3) is 5.56. The standard InChI is InChI=1S/C34H34N2O2/c1-3-35-20-19-28-17-18-30(22-32(28)35)29-15-10-16-31(21-29)33(23-34(37)38)36(24-26-11-6-4-7-12-26)25(2)27-13-8-5-9-14-27/h4-22,25,33H,3,23-24H2,1-2H3,(H,37,38). The summed E-state index contributed by atoms with van der Waals surface area (Å²) >= 11 is 0. The molecule has 5 rings (SSSR count). The summed E-state index contributed by atoms with van der Waals surface area (Å²) in [6.45, 7) is 5.89. The van der Waals surface area contributed by atoms with Gasteiger partial charge in [0.2, 0.25) is 0 Å². The molecule has 4 heteroatoms. The van der Waals surface area contributed by atoms with Gasteiger partial charge in [0.1, 0.15) is 0 Å². The van der Waals surface area contributed by atoms with E-state index in [2.05, 4.69) is 102 Å². The smallest absolute Gasteiger partial charge is 0.305 e.